The quantitative estimate of drug-likeness (QED) is 0.737. The molecule has 3 rings (SSSR count). The summed E-state index contributed by atoms with van der Waals surface area (Å²) in [5.41, 5.74) is 1.59. The molecule has 2 N–H and O–H groups in total. The largest absolute Gasteiger partial charge is 0.493 e. The lowest BCUT2D eigenvalue weighted by Gasteiger charge is -2.16. The van der Waals surface area contributed by atoms with Gasteiger partial charge in [0.2, 0.25) is 6.79 Å². The molecule has 0 aromatic heterocycles. The predicted octanol–water partition coefficient (Wildman–Crippen LogP) is 1.93. The van der Waals surface area contributed by atoms with Gasteiger partial charge in [-0.3, -0.25) is 9.59 Å². The van der Waals surface area contributed by atoms with Crippen LogP contribution in [0.3, 0.4) is 0 Å². The minimum atomic E-state index is -0.719. The lowest BCUT2D eigenvalue weighted by atomic mass is 10.1. The van der Waals surface area contributed by atoms with E-state index in [4.69, 9.17) is 18.9 Å². The lowest BCUT2D eigenvalue weighted by molar-refractivity contribution is -0.139. The molecule has 0 bridgehead atoms. The molecule has 1 aliphatic heterocycles. The second kappa shape index (κ2) is 8.51. The average Bonchev–Trinajstić information content (AvgIpc) is 3.19. The molecule has 0 radical (unpaired) electrons. The van der Waals surface area contributed by atoms with Crippen LogP contribution in [0.1, 0.15) is 24.1 Å². The molecule has 0 spiro atoms. The van der Waals surface area contributed by atoms with Gasteiger partial charge < -0.3 is 29.6 Å². The highest BCUT2D eigenvalue weighted by molar-refractivity contribution is 6.35. The Kier molecular flexibility index (Phi) is 5.88. The molecule has 1 unspecified atom stereocenters. The molecule has 0 saturated heterocycles. The molecule has 2 aromatic carbocycles. The summed E-state index contributed by atoms with van der Waals surface area (Å²) in [6, 6.07) is 10.3. The molecule has 1 aliphatic rings. The number of hydrogen-bond donors (Lipinski definition) is 2. The maximum Gasteiger partial charge on any atom is 0.309 e. The summed E-state index contributed by atoms with van der Waals surface area (Å²) in [5, 5.41) is 5.27. The van der Waals surface area contributed by atoms with Gasteiger partial charge in [-0.25, -0.2) is 0 Å². The van der Waals surface area contributed by atoms with Crippen molar-refractivity contribution >= 4 is 11.8 Å². The van der Waals surface area contributed by atoms with Gasteiger partial charge in [0.1, 0.15) is 0 Å². The molecule has 2 aromatic rings. The first-order valence-electron chi connectivity index (χ1n) is 8.71. The van der Waals surface area contributed by atoms with Gasteiger partial charge in [-0.05, 0) is 42.3 Å². The minimum Gasteiger partial charge on any atom is -0.493 e. The Bertz CT molecular complexity index is 883. The molecular formula is C20H22N2O6. The maximum absolute atomic E-state index is 12.2. The smallest absolute Gasteiger partial charge is 0.309 e. The average molecular weight is 386 g/mol. The molecule has 1 heterocycles. The number of methoxy groups -OCH3 is 2. The number of amides is 2. The van der Waals surface area contributed by atoms with Crippen molar-refractivity contribution in [3.63, 3.8) is 0 Å². The van der Waals surface area contributed by atoms with Crippen LogP contribution in [0.15, 0.2) is 36.4 Å². The van der Waals surface area contributed by atoms with Crippen molar-refractivity contribution in [2.24, 2.45) is 0 Å². The van der Waals surface area contributed by atoms with Gasteiger partial charge in [0.05, 0.1) is 20.3 Å². The van der Waals surface area contributed by atoms with E-state index in [1.165, 1.54) is 7.11 Å². The summed E-state index contributed by atoms with van der Waals surface area (Å²) in [6.45, 7) is 2.17. The first-order valence-corrected chi connectivity index (χ1v) is 8.71. The molecule has 0 saturated carbocycles. The van der Waals surface area contributed by atoms with Crippen LogP contribution in [0.4, 0.5) is 0 Å². The third kappa shape index (κ3) is 4.28. The highest BCUT2D eigenvalue weighted by Crippen LogP contribution is 2.32. The van der Waals surface area contributed by atoms with Gasteiger partial charge in [0.25, 0.3) is 0 Å². The number of ether oxygens (including phenoxy) is 4. The van der Waals surface area contributed by atoms with Crippen LogP contribution in [0.25, 0.3) is 0 Å². The Morgan fingerprint density at radius 1 is 1.00 bits per heavy atom. The summed E-state index contributed by atoms with van der Waals surface area (Å²) < 4.78 is 21.0. The monoisotopic (exact) mass is 386 g/mol. The fourth-order valence-electron chi connectivity index (χ4n) is 2.78. The summed E-state index contributed by atoms with van der Waals surface area (Å²) in [6.07, 6.45) is 0. The van der Waals surface area contributed by atoms with Crippen LogP contribution in [-0.2, 0) is 16.1 Å². The zero-order valence-corrected chi connectivity index (χ0v) is 15.9. The standard InChI is InChI=1S/C20H22N2O6/c1-12(14-5-7-15(25-2)17(9-14)26-3)22-20(24)19(23)21-10-13-4-6-16-18(8-13)28-11-27-16/h4-9,12H,10-11H2,1-3H3,(H,21,23)(H,22,24). The summed E-state index contributed by atoms with van der Waals surface area (Å²) >= 11 is 0. The number of rotatable bonds is 6. The van der Waals surface area contributed by atoms with Crippen LogP contribution in [0.2, 0.25) is 0 Å². The molecule has 2 amide bonds. The molecule has 0 aliphatic carbocycles. The van der Waals surface area contributed by atoms with E-state index < -0.39 is 11.8 Å². The van der Waals surface area contributed by atoms with E-state index in [-0.39, 0.29) is 19.4 Å². The van der Waals surface area contributed by atoms with Crippen molar-refractivity contribution < 1.29 is 28.5 Å². The van der Waals surface area contributed by atoms with Crippen LogP contribution >= 0.6 is 0 Å². The Hall–Kier alpha value is -3.42. The number of carbonyl (C=O) groups is 2. The number of benzene rings is 2. The maximum atomic E-state index is 12.2. The number of fused-ring (bicyclic) bond motifs is 1. The Morgan fingerprint density at radius 3 is 2.50 bits per heavy atom. The fraction of sp³-hybridized carbons (Fsp3) is 0.300. The van der Waals surface area contributed by atoms with E-state index in [1.807, 2.05) is 0 Å². The second-order valence-electron chi connectivity index (χ2n) is 6.18. The van der Waals surface area contributed by atoms with Crippen molar-refractivity contribution in [2.75, 3.05) is 21.0 Å². The minimum absolute atomic E-state index is 0.182. The van der Waals surface area contributed by atoms with Crippen molar-refractivity contribution in [1.82, 2.24) is 10.6 Å². The predicted molar refractivity (Wildman–Crippen MR) is 101 cm³/mol. The van der Waals surface area contributed by atoms with Crippen molar-refractivity contribution in [3.8, 4) is 23.0 Å². The van der Waals surface area contributed by atoms with E-state index in [2.05, 4.69) is 10.6 Å². The number of nitrogens with one attached hydrogen (secondary N) is 2. The van der Waals surface area contributed by atoms with E-state index in [1.54, 1.807) is 50.4 Å². The highest BCUT2D eigenvalue weighted by Gasteiger charge is 2.19. The molecule has 8 heteroatoms. The Balaban J connectivity index is 1.55. The van der Waals surface area contributed by atoms with E-state index in [0.717, 1.165) is 11.1 Å². The van der Waals surface area contributed by atoms with Crippen LogP contribution in [-0.4, -0.2) is 32.8 Å². The summed E-state index contributed by atoms with van der Waals surface area (Å²) in [4.78, 5) is 24.3. The van der Waals surface area contributed by atoms with Crippen molar-refractivity contribution in [3.05, 3.63) is 47.5 Å². The Morgan fingerprint density at radius 2 is 1.75 bits per heavy atom. The molecule has 28 heavy (non-hydrogen) atoms. The van der Waals surface area contributed by atoms with Gasteiger partial charge in [0, 0.05) is 6.54 Å². The van der Waals surface area contributed by atoms with Crippen molar-refractivity contribution in [2.45, 2.75) is 19.5 Å². The van der Waals surface area contributed by atoms with Gasteiger partial charge in [-0.1, -0.05) is 12.1 Å². The van der Waals surface area contributed by atoms with E-state index in [0.29, 0.717) is 23.0 Å². The molecule has 1 atom stereocenters. The molecule has 8 nitrogen and oxygen atoms in total. The first kappa shape index (κ1) is 19.3. The second-order valence-corrected chi connectivity index (χ2v) is 6.18. The molecular weight excluding hydrogens is 364 g/mol. The SMILES string of the molecule is COc1ccc(C(C)NC(=O)C(=O)NCc2ccc3c(c2)OCO3)cc1OC. The van der Waals surface area contributed by atoms with Gasteiger partial charge >= 0.3 is 11.8 Å². The van der Waals surface area contributed by atoms with Gasteiger partial charge in [-0.2, -0.15) is 0 Å². The molecule has 0 fully saturated rings. The number of carbonyl (C=O) groups excluding carboxylic acids is 2. The fourth-order valence-corrected chi connectivity index (χ4v) is 2.78. The van der Waals surface area contributed by atoms with Gasteiger partial charge in [0.15, 0.2) is 23.0 Å². The molecule has 148 valence electrons. The summed E-state index contributed by atoms with van der Waals surface area (Å²) in [7, 11) is 3.08. The topological polar surface area (TPSA) is 95.1 Å². The van der Waals surface area contributed by atoms with Crippen molar-refractivity contribution in [1.29, 1.82) is 0 Å². The Labute approximate surface area is 162 Å². The highest BCUT2D eigenvalue weighted by atomic mass is 16.7. The number of hydrogen-bond acceptors (Lipinski definition) is 6. The zero-order chi connectivity index (χ0) is 20.1. The summed E-state index contributed by atoms with van der Waals surface area (Å²) in [5.74, 6) is 0.988. The lowest BCUT2D eigenvalue weighted by Crippen LogP contribution is -2.40. The van der Waals surface area contributed by atoms with E-state index >= 15 is 0 Å². The van der Waals surface area contributed by atoms with Crippen LogP contribution in [0.5, 0.6) is 23.0 Å². The third-order valence-corrected chi connectivity index (χ3v) is 4.35. The van der Waals surface area contributed by atoms with Crippen LogP contribution in [0, 0.1) is 0 Å². The van der Waals surface area contributed by atoms with Crippen LogP contribution < -0.4 is 29.6 Å². The third-order valence-electron chi connectivity index (χ3n) is 4.35. The van der Waals surface area contributed by atoms with Gasteiger partial charge in [-0.15, -0.1) is 0 Å². The zero-order valence-electron chi connectivity index (χ0n) is 15.9. The normalized spacial score (nSPS) is 12.8. The first-order chi connectivity index (χ1) is 13.5. The van der Waals surface area contributed by atoms with E-state index in [9.17, 15) is 9.59 Å².